The number of H-pyrrole nitrogens is 1. The summed E-state index contributed by atoms with van der Waals surface area (Å²) in [6, 6.07) is 0. The second-order valence-electron chi connectivity index (χ2n) is 3.25. The van der Waals surface area contributed by atoms with Gasteiger partial charge in [0, 0.05) is 6.54 Å². The zero-order valence-corrected chi connectivity index (χ0v) is 8.90. The number of hydrogen-bond acceptors (Lipinski definition) is 4. The van der Waals surface area contributed by atoms with Crippen molar-refractivity contribution in [3.05, 3.63) is 4.77 Å². The Balaban J connectivity index is 1.97. The predicted molar refractivity (Wildman–Crippen MR) is 55.3 cm³/mol. The van der Waals surface area contributed by atoms with Gasteiger partial charge in [-0.2, -0.15) is 17.0 Å². The molecular formula is C7H12N4S2. The van der Waals surface area contributed by atoms with Crippen LogP contribution in [0.1, 0.15) is 12.8 Å². The summed E-state index contributed by atoms with van der Waals surface area (Å²) in [5.41, 5.74) is 0. The fraction of sp³-hybridized carbons (Fsp3) is 0.857. The van der Waals surface area contributed by atoms with Gasteiger partial charge in [0.2, 0.25) is 4.77 Å². The number of hydrogen-bond donors (Lipinski definition) is 1. The molecule has 1 aromatic rings. The second-order valence-corrected chi connectivity index (χ2v) is 4.84. The molecule has 0 bridgehead atoms. The molecule has 1 aliphatic heterocycles. The van der Waals surface area contributed by atoms with Crippen molar-refractivity contribution < 1.29 is 0 Å². The molecule has 13 heavy (non-hydrogen) atoms. The van der Waals surface area contributed by atoms with Crippen LogP contribution in [0.5, 0.6) is 0 Å². The van der Waals surface area contributed by atoms with E-state index in [1.54, 1.807) is 0 Å². The highest BCUT2D eigenvalue weighted by Crippen LogP contribution is 2.23. The summed E-state index contributed by atoms with van der Waals surface area (Å²) in [4.78, 5) is 0. The van der Waals surface area contributed by atoms with Crippen LogP contribution in [-0.2, 0) is 6.54 Å². The molecule has 0 amide bonds. The number of tetrazole rings is 1. The molecule has 0 aromatic carbocycles. The molecule has 0 saturated carbocycles. The third-order valence-corrected chi connectivity index (χ3v) is 3.66. The molecule has 2 heterocycles. The maximum Gasteiger partial charge on any atom is 0.238 e. The van der Waals surface area contributed by atoms with Crippen molar-refractivity contribution in [3.63, 3.8) is 0 Å². The van der Waals surface area contributed by atoms with E-state index in [0.29, 0.717) is 4.77 Å². The van der Waals surface area contributed by atoms with Crippen LogP contribution < -0.4 is 0 Å². The van der Waals surface area contributed by atoms with Gasteiger partial charge in [0.05, 0.1) is 0 Å². The molecule has 72 valence electrons. The van der Waals surface area contributed by atoms with Crippen LogP contribution in [-0.4, -0.2) is 31.7 Å². The maximum atomic E-state index is 5.01. The van der Waals surface area contributed by atoms with Crippen LogP contribution in [0.2, 0.25) is 0 Å². The van der Waals surface area contributed by atoms with Crippen LogP contribution in [0, 0.1) is 10.7 Å². The quantitative estimate of drug-likeness (QED) is 0.761. The third kappa shape index (κ3) is 2.31. The van der Waals surface area contributed by atoms with Gasteiger partial charge in [-0.1, -0.05) is 10.3 Å². The Kier molecular flexibility index (Phi) is 3.00. The smallest absolute Gasteiger partial charge is 0.238 e. The Morgan fingerprint density at radius 3 is 2.92 bits per heavy atom. The SMILES string of the molecule is S=c1nn[nH]n1CC1CCSCC1. The summed E-state index contributed by atoms with van der Waals surface area (Å²) in [6.45, 7) is 0.951. The molecule has 1 fully saturated rings. The molecule has 1 aliphatic rings. The van der Waals surface area contributed by atoms with E-state index in [0.717, 1.165) is 12.5 Å². The second kappa shape index (κ2) is 4.23. The maximum absolute atomic E-state index is 5.01. The summed E-state index contributed by atoms with van der Waals surface area (Å²) in [5.74, 6) is 3.30. The van der Waals surface area contributed by atoms with E-state index in [1.165, 1.54) is 24.3 Å². The van der Waals surface area contributed by atoms with Gasteiger partial charge in [-0.15, -0.1) is 0 Å². The molecule has 0 radical (unpaired) electrons. The van der Waals surface area contributed by atoms with Gasteiger partial charge in [0.15, 0.2) is 0 Å². The van der Waals surface area contributed by atoms with E-state index in [4.69, 9.17) is 12.2 Å². The molecule has 1 aromatic heterocycles. The van der Waals surface area contributed by atoms with Crippen LogP contribution in [0.25, 0.3) is 0 Å². The highest BCUT2D eigenvalue weighted by molar-refractivity contribution is 7.99. The monoisotopic (exact) mass is 216 g/mol. The molecule has 0 atom stereocenters. The molecule has 0 aliphatic carbocycles. The van der Waals surface area contributed by atoms with Crippen molar-refractivity contribution >= 4 is 24.0 Å². The van der Waals surface area contributed by atoms with Crippen molar-refractivity contribution in [3.8, 4) is 0 Å². The van der Waals surface area contributed by atoms with E-state index < -0.39 is 0 Å². The lowest BCUT2D eigenvalue weighted by molar-refractivity contribution is 0.386. The lowest BCUT2D eigenvalue weighted by Crippen LogP contribution is -2.17. The fourth-order valence-corrected chi connectivity index (χ4v) is 2.88. The Hall–Kier alpha value is -0.360. The number of nitrogens with zero attached hydrogens (tertiary/aromatic N) is 3. The first-order valence-electron chi connectivity index (χ1n) is 4.42. The van der Waals surface area contributed by atoms with Gasteiger partial charge in [-0.05, 0) is 42.5 Å². The molecule has 0 spiro atoms. The third-order valence-electron chi connectivity index (χ3n) is 2.31. The minimum Gasteiger partial charge on any atom is -0.242 e. The summed E-state index contributed by atoms with van der Waals surface area (Å²) < 4.78 is 2.42. The zero-order chi connectivity index (χ0) is 9.10. The first kappa shape index (κ1) is 9.21. The Labute approximate surface area is 86.1 Å². The van der Waals surface area contributed by atoms with E-state index in [-0.39, 0.29) is 0 Å². The van der Waals surface area contributed by atoms with Crippen molar-refractivity contribution in [2.75, 3.05) is 11.5 Å². The molecule has 1 saturated heterocycles. The Bertz CT molecular complexity index is 312. The summed E-state index contributed by atoms with van der Waals surface area (Å²) in [6.07, 6.45) is 2.57. The minimum absolute atomic E-state index is 0.568. The predicted octanol–water partition coefficient (Wildman–Crippen LogP) is 1.48. The number of thioether (sulfide) groups is 1. The van der Waals surface area contributed by atoms with Crippen molar-refractivity contribution in [2.45, 2.75) is 19.4 Å². The van der Waals surface area contributed by atoms with Crippen molar-refractivity contribution in [1.82, 2.24) is 20.2 Å². The molecule has 4 nitrogen and oxygen atoms in total. The van der Waals surface area contributed by atoms with E-state index in [1.807, 2.05) is 16.4 Å². The lowest BCUT2D eigenvalue weighted by atomic mass is 10.0. The fourth-order valence-electron chi connectivity index (χ4n) is 1.52. The normalized spacial score (nSPS) is 19.1. The van der Waals surface area contributed by atoms with Gasteiger partial charge in [0.25, 0.3) is 0 Å². The van der Waals surface area contributed by atoms with Crippen LogP contribution in [0.15, 0.2) is 0 Å². The first-order valence-corrected chi connectivity index (χ1v) is 5.98. The van der Waals surface area contributed by atoms with E-state index in [9.17, 15) is 0 Å². The highest BCUT2D eigenvalue weighted by atomic mass is 32.2. The van der Waals surface area contributed by atoms with Gasteiger partial charge in [-0.3, -0.25) is 0 Å². The van der Waals surface area contributed by atoms with Crippen LogP contribution in [0.4, 0.5) is 0 Å². The largest absolute Gasteiger partial charge is 0.242 e. The standard InChI is InChI=1S/C7H12N4S2/c12-7-8-9-10-11(7)5-6-1-3-13-4-2-6/h6H,1-5H2,(H,8,10,12). The minimum atomic E-state index is 0.568. The van der Waals surface area contributed by atoms with Crippen LogP contribution >= 0.6 is 24.0 Å². The van der Waals surface area contributed by atoms with Crippen molar-refractivity contribution in [1.29, 1.82) is 0 Å². The lowest BCUT2D eigenvalue weighted by Gasteiger charge is -2.20. The van der Waals surface area contributed by atoms with Gasteiger partial charge in [-0.25, -0.2) is 4.68 Å². The topological polar surface area (TPSA) is 46.5 Å². The van der Waals surface area contributed by atoms with Gasteiger partial charge >= 0.3 is 0 Å². The highest BCUT2D eigenvalue weighted by Gasteiger charge is 2.14. The molecule has 1 N–H and O–H groups in total. The average molecular weight is 216 g/mol. The summed E-state index contributed by atoms with van der Waals surface area (Å²) >= 11 is 7.05. The molecule has 6 heteroatoms. The van der Waals surface area contributed by atoms with E-state index >= 15 is 0 Å². The number of rotatable bonds is 2. The average Bonchev–Trinajstić information content (AvgIpc) is 2.54. The van der Waals surface area contributed by atoms with E-state index in [2.05, 4.69) is 15.5 Å². The Morgan fingerprint density at radius 1 is 1.54 bits per heavy atom. The summed E-state index contributed by atoms with van der Waals surface area (Å²) in [7, 11) is 0. The number of aromatic amines is 1. The summed E-state index contributed by atoms with van der Waals surface area (Å²) in [5, 5.41) is 10.2. The van der Waals surface area contributed by atoms with Gasteiger partial charge in [0.1, 0.15) is 0 Å². The molecule has 0 unspecified atom stereocenters. The number of nitrogens with one attached hydrogen (secondary N) is 1. The zero-order valence-electron chi connectivity index (χ0n) is 7.27. The first-order chi connectivity index (χ1) is 6.36. The molecule has 2 rings (SSSR count). The molecular weight excluding hydrogens is 204 g/mol. The number of aromatic nitrogens is 4. The van der Waals surface area contributed by atoms with Crippen molar-refractivity contribution in [2.24, 2.45) is 5.92 Å². The van der Waals surface area contributed by atoms with Gasteiger partial charge < -0.3 is 0 Å². The Morgan fingerprint density at radius 2 is 2.31 bits per heavy atom. The van der Waals surface area contributed by atoms with Crippen LogP contribution in [0.3, 0.4) is 0 Å².